The molecule has 0 aliphatic rings. The minimum Gasteiger partial charge on any atom is -0.365 e. The summed E-state index contributed by atoms with van der Waals surface area (Å²) in [5.74, 6) is -0.721. The van der Waals surface area contributed by atoms with E-state index in [0.29, 0.717) is 5.69 Å². The number of aromatic nitrogens is 1. The van der Waals surface area contributed by atoms with Crippen molar-refractivity contribution in [3.05, 3.63) is 57.9 Å². The Morgan fingerprint density at radius 2 is 1.76 bits per heavy atom. The van der Waals surface area contributed by atoms with Crippen LogP contribution in [-0.2, 0) is 0 Å². The van der Waals surface area contributed by atoms with Gasteiger partial charge in [-0.1, -0.05) is 29.8 Å². The van der Waals surface area contributed by atoms with Crippen LogP contribution in [0.15, 0.2) is 41.2 Å². The van der Waals surface area contributed by atoms with Crippen LogP contribution in [-0.4, -0.2) is 10.9 Å². The zero-order valence-corrected chi connectivity index (χ0v) is 9.36. The van der Waals surface area contributed by atoms with Crippen LogP contribution in [0.1, 0.15) is 15.9 Å². The first-order chi connectivity index (χ1) is 8.08. The zero-order valence-electron chi connectivity index (χ0n) is 9.36. The molecule has 0 bridgehead atoms. The second-order valence-electron chi connectivity index (χ2n) is 3.85. The average molecular weight is 228 g/mol. The van der Waals surface area contributed by atoms with Crippen molar-refractivity contribution in [2.75, 3.05) is 0 Å². The molecule has 2 rings (SSSR count). The number of aromatic amines is 1. The first kappa shape index (κ1) is 11.1. The number of hydrogen-bond donors (Lipinski definition) is 2. The van der Waals surface area contributed by atoms with E-state index in [4.69, 9.17) is 5.73 Å². The van der Waals surface area contributed by atoms with Gasteiger partial charge in [0.15, 0.2) is 0 Å². The zero-order chi connectivity index (χ0) is 12.4. The lowest BCUT2D eigenvalue weighted by atomic mass is 10.1. The molecule has 3 N–H and O–H groups in total. The average Bonchev–Trinajstić information content (AvgIpc) is 2.29. The minimum absolute atomic E-state index is 0.0270. The molecule has 0 atom stereocenters. The maximum Gasteiger partial charge on any atom is 0.261 e. The molecule has 4 heteroatoms. The Morgan fingerprint density at radius 1 is 1.12 bits per heavy atom. The van der Waals surface area contributed by atoms with E-state index in [0.717, 1.165) is 11.1 Å². The van der Waals surface area contributed by atoms with Crippen molar-refractivity contribution < 1.29 is 4.79 Å². The van der Waals surface area contributed by atoms with Crippen LogP contribution in [0.3, 0.4) is 0 Å². The normalized spacial score (nSPS) is 10.2. The van der Waals surface area contributed by atoms with Crippen molar-refractivity contribution in [2.24, 2.45) is 5.73 Å². The fourth-order valence-corrected chi connectivity index (χ4v) is 1.57. The fourth-order valence-electron chi connectivity index (χ4n) is 1.57. The van der Waals surface area contributed by atoms with Gasteiger partial charge in [-0.3, -0.25) is 9.59 Å². The molecule has 0 fully saturated rings. The molecule has 0 radical (unpaired) electrons. The summed E-state index contributed by atoms with van der Waals surface area (Å²) < 4.78 is 0. The summed E-state index contributed by atoms with van der Waals surface area (Å²) >= 11 is 0. The predicted molar refractivity (Wildman–Crippen MR) is 65.8 cm³/mol. The number of benzene rings is 1. The third kappa shape index (κ3) is 2.25. The smallest absolute Gasteiger partial charge is 0.261 e. The minimum atomic E-state index is -0.721. The van der Waals surface area contributed by atoms with Crippen LogP contribution in [0.5, 0.6) is 0 Å². The van der Waals surface area contributed by atoms with Crippen molar-refractivity contribution in [1.29, 1.82) is 0 Å². The Bertz CT molecular complexity index is 612. The molecule has 86 valence electrons. The lowest BCUT2D eigenvalue weighted by Crippen LogP contribution is -2.23. The SMILES string of the molecule is Cc1ccc(-c2ccc(C(N)=O)c(=O)[nH]2)cc1. The van der Waals surface area contributed by atoms with E-state index >= 15 is 0 Å². The lowest BCUT2D eigenvalue weighted by molar-refractivity contribution is 0.0999. The van der Waals surface area contributed by atoms with E-state index in [-0.39, 0.29) is 5.56 Å². The Kier molecular flexibility index (Phi) is 2.78. The summed E-state index contributed by atoms with van der Waals surface area (Å²) in [6.07, 6.45) is 0. The van der Waals surface area contributed by atoms with Gasteiger partial charge in [0.25, 0.3) is 11.5 Å². The van der Waals surface area contributed by atoms with E-state index in [2.05, 4.69) is 4.98 Å². The van der Waals surface area contributed by atoms with E-state index in [9.17, 15) is 9.59 Å². The monoisotopic (exact) mass is 228 g/mol. The number of carbonyl (C=O) groups is 1. The standard InChI is InChI=1S/C13H12N2O2/c1-8-2-4-9(5-3-8)11-7-6-10(12(14)16)13(17)15-11/h2-7H,1H3,(H2,14,16)(H,15,17). The summed E-state index contributed by atoms with van der Waals surface area (Å²) in [6, 6.07) is 10.8. The van der Waals surface area contributed by atoms with Crippen LogP contribution < -0.4 is 11.3 Å². The maximum atomic E-state index is 11.6. The number of amides is 1. The van der Waals surface area contributed by atoms with Crippen LogP contribution in [0.25, 0.3) is 11.3 Å². The fraction of sp³-hybridized carbons (Fsp3) is 0.0769. The van der Waals surface area contributed by atoms with Crippen molar-refractivity contribution in [3.63, 3.8) is 0 Å². The number of rotatable bonds is 2. The molecule has 0 aliphatic heterocycles. The topological polar surface area (TPSA) is 76.0 Å². The maximum absolute atomic E-state index is 11.6. The van der Waals surface area contributed by atoms with Crippen molar-refractivity contribution in [2.45, 2.75) is 6.92 Å². The molecule has 0 spiro atoms. The highest BCUT2D eigenvalue weighted by Crippen LogP contribution is 2.16. The van der Waals surface area contributed by atoms with E-state index in [1.165, 1.54) is 6.07 Å². The number of primary amides is 1. The lowest BCUT2D eigenvalue weighted by Gasteiger charge is -2.03. The second-order valence-corrected chi connectivity index (χ2v) is 3.85. The van der Waals surface area contributed by atoms with Crippen LogP contribution in [0.2, 0.25) is 0 Å². The summed E-state index contributed by atoms with van der Waals surface area (Å²) in [6.45, 7) is 1.99. The first-order valence-corrected chi connectivity index (χ1v) is 5.18. The number of nitrogens with two attached hydrogens (primary N) is 1. The van der Waals surface area contributed by atoms with Gasteiger partial charge in [0.1, 0.15) is 5.56 Å². The van der Waals surface area contributed by atoms with Gasteiger partial charge in [0.2, 0.25) is 0 Å². The molecular formula is C13H12N2O2. The second kappa shape index (κ2) is 4.25. The number of nitrogens with one attached hydrogen (secondary N) is 1. The van der Waals surface area contributed by atoms with Crippen LogP contribution in [0, 0.1) is 6.92 Å². The van der Waals surface area contributed by atoms with Crippen LogP contribution in [0.4, 0.5) is 0 Å². The first-order valence-electron chi connectivity index (χ1n) is 5.18. The van der Waals surface area contributed by atoms with Crippen LogP contribution >= 0.6 is 0 Å². The molecular weight excluding hydrogens is 216 g/mol. The molecule has 4 nitrogen and oxygen atoms in total. The molecule has 1 amide bonds. The Hall–Kier alpha value is -2.36. The van der Waals surface area contributed by atoms with Crippen molar-refractivity contribution >= 4 is 5.91 Å². The third-order valence-electron chi connectivity index (χ3n) is 2.54. The van der Waals surface area contributed by atoms with Crippen molar-refractivity contribution in [3.8, 4) is 11.3 Å². The largest absolute Gasteiger partial charge is 0.365 e. The van der Waals surface area contributed by atoms with Gasteiger partial charge in [0, 0.05) is 5.69 Å². The molecule has 0 unspecified atom stereocenters. The Morgan fingerprint density at radius 3 is 2.29 bits per heavy atom. The number of aryl methyl sites for hydroxylation is 1. The molecule has 1 aromatic heterocycles. The molecule has 0 aliphatic carbocycles. The summed E-state index contributed by atoms with van der Waals surface area (Å²) in [5.41, 5.74) is 7.28. The van der Waals surface area contributed by atoms with Gasteiger partial charge in [-0.2, -0.15) is 0 Å². The summed E-state index contributed by atoms with van der Waals surface area (Å²) in [5, 5.41) is 0. The third-order valence-corrected chi connectivity index (χ3v) is 2.54. The van der Waals surface area contributed by atoms with Gasteiger partial charge in [-0.25, -0.2) is 0 Å². The highest BCUT2D eigenvalue weighted by Gasteiger charge is 2.07. The van der Waals surface area contributed by atoms with E-state index in [1.807, 2.05) is 31.2 Å². The van der Waals surface area contributed by atoms with E-state index in [1.54, 1.807) is 6.07 Å². The van der Waals surface area contributed by atoms with Gasteiger partial charge in [0.05, 0.1) is 0 Å². The van der Waals surface area contributed by atoms with Gasteiger partial charge >= 0.3 is 0 Å². The van der Waals surface area contributed by atoms with Gasteiger partial charge < -0.3 is 10.7 Å². The quantitative estimate of drug-likeness (QED) is 0.816. The number of H-pyrrole nitrogens is 1. The molecule has 1 aromatic carbocycles. The van der Waals surface area contributed by atoms with E-state index < -0.39 is 11.5 Å². The number of hydrogen-bond acceptors (Lipinski definition) is 2. The molecule has 2 aromatic rings. The number of pyridine rings is 1. The number of carbonyl (C=O) groups excluding carboxylic acids is 1. The highest BCUT2D eigenvalue weighted by atomic mass is 16.2. The van der Waals surface area contributed by atoms with Gasteiger partial charge in [-0.05, 0) is 24.6 Å². The molecule has 1 heterocycles. The Labute approximate surface area is 98.1 Å². The molecule has 17 heavy (non-hydrogen) atoms. The van der Waals surface area contributed by atoms with Gasteiger partial charge in [-0.15, -0.1) is 0 Å². The summed E-state index contributed by atoms with van der Waals surface area (Å²) in [7, 11) is 0. The highest BCUT2D eigenvalue weighted by molar-refractivity contribution is 5.92. The molecule has 0 saturated carbocycles. The Balaban J connectivity index is 2.48. The summed E-state index contributed by atoms with van der Waals surface area (Å²) in [4.78, 5) is 25.1. The predicted octanol–water partition coefficient (Wildman–Crippen LogP) is 1.45. The molecule has 0 saturated heterocycles. The van der Waals surface area contributed by atoms with Crippen molar-refractivity contribution in [1.82, 2.24) is 4.98 Å².